The normalized spacial score (nSPS) is 21.4. The Morgan fingerprint density at radius 3 is 2.45 bits per heavy atom. The lowest BCUT2D eigenvalue weighted by atomic mass is 9.82. The molecule has 0 radical (unpaired) electrons. The molecule has 2 aromatic carbocycles. The Kier molecular flexibility index (Phi) is 8.85. The Bertz CT molecular complexity index is 1220. The van der Waals surface area contributed by atoms with Crippen molar-refractivity contribution in [3.8, 4) is 17.2 Å². The number of carboxylic acid groups (broad SMARTS) is 1. The van der Waals surface area contributed by atoms with E-state index in [4.69, 9.17) is 14.2 Å². The Hall–Kier alpha value is -2.82. The highest BCUT2D eigenvalue weighted by atomic mass is 32.2. The van der Waals surface area contributed by atoms with Crippen molar-refractivity contribution in [2.45, 2.75) is 39.2 Å². The quantitative estimate of drug-likeness (QED) is 0.427. The summed E-state index contributed by atoms with van der Waals surface area (Å²) >= 11 is 0. The van der Waals surface area contributed by atoms with Crippen LogP contribution in [0.3, 0.4) is 0 Å². The second kappa shape index (κ2) is 11.9. The van der Waals surface area contributed by atoms with Gasteiger partial charge in [0.05, 0.1) is 18.8 Å². The topological polar surface area (TPSA) is 106 Å². The van der Waals surface area contributed by atoms with E-state index in [1.807, 2.05) is 63.2 Å². The molecule has 0 unspecified atom stereocenters. The third-order valence-corrected chi connectivity index (χ3v) is 9.27. The number of rotatable bonds is 12. The zero-order chi connectivity index (χ0) is 27.4. The molecule has 0 amide bonds. The van der Waals surface area contributed by atoms with Crippen molar-refractivity contribution in [2.24, 2.45) is 11.8 Å². The number of hydrogen-bond donors (Lipinski definition) is 1. The zero-order valence-electron chi connectivity index (χ0n) is 22.5. The van der Waals surface area contributed by atoms with Crippen LogP contribution in [0, 0.1) is 11.8 Å². The molecule has 38 heavy (non-hydrogen) atoms. The van der Waals surface area contributed by atoms with E-state index in [1.54, 1.807) is 11.4 Å². The summed E-state index contributed by atoms with van der Waals surface area (Å²) in [6, 6.07) is 12.6. The zero-order valence-corrected chi connectivity index (χ0v) is 23.3. The number of carbonyl (C=O) groups is 1. The lowest BCUT2D eigenvalue weighted by Gasteiger charge is -2.30. The molecule has 0 bridgehead atoms. The predicted octanol–water partition coefficient (Wildman–Crippen LogP) is 3.96. The van der Waals surface area contributed by atoms with Crippen LogP contribution in [0.4, 0.5) is 0 Å². The number of aliphatic carboxylic acids is 1. The number of hydrogen-bond acceptors (Lipinski definition) is 7. The van der Waals surface area contributed by atoms with Crippen molar-refractivity contribution in [1.82, 2.24) is 9.21 Å². The van der Waals surface area contributed by atoms with E-state index in [1.165, 1.54) is 0 Å². The fourth-order valence-corrected chi connectivity index (χ4v) is 7.18. The van der Waals surface area contributed by atoms with Crippen molar-refractivity contribution >= 4 is 16.0 Å². The van der Waals surface area contributed by atoms with Crippen LogP contribution in [0.15, 0.2) is 42.5 Å². The third kappa shape index (κ3) is 6.08. The third-order valence-electron chi connectivity index (χ3n) is 7.23. The van der Waals surface area contributed by atoms with Gasteiger partial charge in [0, 0.05) is 38.1 Å². The Labute approximate surface area is 225 Å². The summed E-state index contributed by atoms with van der Waals surface area (Å²) in [7, 11) is -1.82. The van der Waals surface area contributed by atoms with Crippen molar-refractivity contribution in [2.75, 3.05) is 45.8 Å². The van der Waals surface area contributed by atoms with E-state index in [0.29, 0.717) is 49.8 Å². The lowest BCUT2D eigenvalue weighted by Crippen LogP contribution is -2.42. The second-order valence-electron chi connectivity index (χ2n) is 10.4. The molecule has 2 heterocycles. The number of likely N-dealkylation sites (tertiary alicyclic amines) is 1. The molecule has 1 N–H and O–H groups in total. The van der Waals surface area contributed by atoms with E-state index in [9.17, 15) is 18.3 Å². The molecule has 208 valence electrons. The minimum Gasteiger partial charge on any atom is -0.497 e. The fraction of sp³-hybridized carbons (Fsp3) is 0.536. The first-order valence-electron chi connectivity index (χ1n) is 13.1. The molecular weight excluding hydrogens is 508 g/mol. The van der Waals surface area contributed by atoms with Gasteiger partial charge in [0.15, 0.2) is 11.5 Å². The number of ether oxygens (including phenoxy) is 3. The molecule has 0 saturated carbocycles. The molecule has 10 heteroatoms. The van der Waals surface area contributed by atoms with Gasteiger partial charge in [0.2, 0.25) is 16.8 Å². The molecule has 2 aromatic rings. The van der Waals surface area contributed by atoms with Gasteiger partial charge in [-0.3, -0.25) is 9.69 Å². The van der Waals surface area contributed by atoms with Crippen LogP contribution in [0.2, 0.25) is 0 Å². The van der Waals surface area contributed by atoms with Crippen LogP contribution in [-0.2, 0) is 14.8 Å². The molecule has 2 aliphatic rings. The summed E-state index contributed by atoms with van der Waals surface area (Å²) in [5, 5.41) is 10.5. The molecule has 4 rings (SSSR count). The van der Waals surface area contributed by atoms with Gasteiger partial charge < -0.3 is 19.3 Å². The van der Waals surface area contributed by atoms with Gasteiger partial charge in [-0.2, -0.15) is 0 Å². The standard InChI is InChI=1S/C28H38N2O7S/c1-5-14-38(33,34)30(16-19(2)3)13-12-29-17-23(21-8-11-24-25(15-21)37-18-36-24)26(28(31)32)27(29)20-6-9-22(35-4)10-7-20/h6-11,15,19,23,26-27H,5,12-14,16-18H2,1-4H3,(H,31,32)/t23-,26-,27+/m0/s1. The Morgan fingerprint density at radius 1 is 1.13 bits per heavy atom. The van der Waals surface area contributed by atoms with Crippen LogP contribution in [0.5, 0.6) is 17.2 Å². The molecule has 0 aliphatic carbocycles. The molecule has 1 saturated heterocycles. The summed E-state index contributed by atoms with van der Waals surface area (Å²) < 4.78 is 44.0. The first-order valence-corrected chi connectivity index (χ1v) is 14.7. The van der Waals surface area contributed by atoms with Gasteiger partial charge in [0.25, 0.3) is 0 Å². The number of fused-ring (bicyclic) bond motifs is 1. The maximum absolute atomic E-state index is 13.0. The fourth-order valence-electron chi connectivity index (χ4n) is 5.52. The second-order valence-corrected chi connectivity index (χ2v) is 12.5. The van der Waals surface area contributed by atoms with Gasteiger partial charge in [-0.05, 0) is 47.7 Å². The van der Waals surface area contributed by atoms with Gasteiger partial charge in [-0.1, -0.05) is 39.0 Å². The molecule has 0 aromatic heterocycles. The summed E-state index contributed by atoms with van der Waals surface area (Å²) in [5.41, 5.74) is 1.72. The van der Waals surface area contributed by atoms with Crippen molar-refractivity contribution in [3.05, 3.63) is 53.6 Å². The predicted molar refractivity (Wildman–Crippen MR) is 144 cm³/mol. The molecule has 2 aliphatic heterocycles. The Morgan fingerprint density at radius 2 is 1.82 bits per heavy atom. The van der Waals surface area contributed by atoms with E-state index in [2.05, 4.69) is 4.90 Å². The lowest BCUT2D eigenvalue weighted by molar-refractivity contribution is -0.143. The van der Waals surface area contributed by atoms with Gasteiger partial charge in [0.1, 0.15) is 5.75 Å². The number of nitrogens with zero attached hydrogens (tertiary/aromatic N) is 2. The molecular formula is C28H38N2O7S. The highest BCUT2D eigenvalue weighted by molar-refractivity contribution is 7.89. The van der Waals surface area contributed by atoms with Crippen LogP contribution in [0.1, 0.15) is 50.3 Å². The monoisotopic (exact) mass is 546 g/mol. The van der Waals surface area contributed by atoms with Crippen LogP contribution < -0.4 is 14.2 Å². The van der Waals surface area contributed by atoms with E-state index in [0.717, 1.165) is 11.1 Å². The number of methoxy groups -OCH3 is 1. The van der Waals surface area contributed by atoms with Crippen LogP contribution in [0.25, 0.3) is 0 Å². The minimum absolute atomic E-state index is 0.0964. The summed E-state index contributed by atoms with van der Waals surface area (Å²) in [4.78, 5) is 14.9. The van der Waals surface area contributed by atoms with Crippen molar-refractivity contribution < 1.29 is 32.5 Å². The van der Waals surface area contributed by atoms with Gasteiger partial charge in [-0.25, -0.2) is 12.7 Å². The number of carboxylic acids is 1. The summed E-state index contributed by atoms with van der Waals surface area (Å²) in [6.07, 6.45) is 0.544. The maximum atomic E-state index is 13.0. The molecule has 0 spiro atoms. The first kappa shape index (κ1) is 28.2. The highest BCUT2D eigenvalue weighted by Crippen LogP contribution is 2.47. The van der Waals surface area contributed by atoms with E-state index >= 15 is 0 Å². The van der Waals surface area contributed by atoms with Gasteiger partial charge in [-0.15, -0.1) is 0 Å². The summed E-state index contributed by atoms with van der Waals surface area (Å²) in [6.45, 7) is 7.61. The first-order chi connectivity index (χ1) is 18.1. The molecule has 9 nitrogen and oxygen atoms in total. The Balaban J connectivity index is 1.68. The number of sulfonamides is 1. The SMILES string of the molecule is CCCS(=O)(=O)N(CCN1C[C@@H](c2ccc3c(c2)OCO3)[C@H](C(=O)O)[C@H]1c1ccc(OC)cc1)CC(C)C. The summed E-state index contributed by atoms with van der Waals surface area (Å²) in [5.74, 6) is 0.256. The molecule has 3 atom stereocenters. The maximum Gasteiger partial charge on any atom is 0.309 e. The van der Waals surface area contributed by atoms with Crippen molar-refractivity contribution in [3.63, 3.8) is 0 Å². The number of benzene rings is 2. The van der Waals surface area contributed by atoms with Crippen molar-refractivity contribution in [1.29, 1.82) is 0 Å². The largest absolute Gasteiger partial charge is 0.497 e. The van der Waals surface area contributed by atoms with Crippen LogP contribution in [-0.4, -0.2) is 74.5 Å². The van der Waals surface area contributed by atoms with E-state index < -0.39 is 28.0 Å². The average Bonchev–Trinajstić information content (AvgIpc) is 3.50. The van der Waals surface area contributed by atoms with Gasteiger partial charge >= 0.3 is 5.97 Å². The average molecular weight is 547 g/mol. The smallest absolute Gasteiger partial charge is 0.309 e. The highest BCUT2D eigenvalue weighted by Gasteiger charge is 2.47. The minimum atomic E-state index is -3.41. The van der Waals surface area contributed by atoms with Crippen LogP contribution >= 0.6 is 0 Å². The molecule has 1 fully saturated rings. The van der Waals surface area contributed by atoms with E-state index in [-0.39, 0.29) is 24.4 Å².